The third-order valence-corrected chi connectivity index (χ3v) is 2.82. The van der Waals surface area contributed by atoms with E-state index in [1.54, 1.807) is 0 Å². The molecule has 0 spiro atoms. The Labute approximate surface area is 102 Å². The number of carbonyl (C=O) groups is 2. The van der Waals surface area contributed by atoms with E-state index in [4.69, 9.17) is 5.73 Å². The average molecular weight is 239 g/mol. The molecule has 96 valence electrons. The quantitative estimate of drug-likeness (QED) is 0.587. The average Bonchev–Trinajstić information content (AvgIpc) is 2.77. The molecule has 0 bridgehead atoms. The van der Waals surface area contributed by atoms with E-state index in [0.29, 0.717) is 0 Å². The van der Waals surface area contributed by atoms with Crippen molar-refractivity contribution in [1.82, 2.24) is 10.6 Å². The molecule has 0 saturated heterocycles. The minimum atomic E-state index is -0.559. The van der Waals surface area contributed by atoms with Crippen molar-refractivity contribution in [1.29, 1.82) is 0 Å². The Balaban J connectivity index is 2.21. The lowest BCUT2D eigenvalue weighted by atomic mass is 10.1. The van der Waals surface area contributed by atoms with Crippen LogP contribution in [0.3, 0.4) is 0 Å². The van der Waals surface area contributed by atoms with Crippen molar-refractivity contribution >= 4 is 11.8 Å². The van der Waals surface area contributed by atoms with Crippen molar-refractivity contribution in [2.45, 2.75) is 38.8 Å². The summed E-state index contributed by atoms with van der Waals surface area (Å²) in [6, 6.07) is -0.380. The summed E-state index contributed by atoms with van der Waals surface area (Å²) < 4.78 is 0. The van der Waals surface area contributed by atoms with E-state index < -0.39 is 6.04 Å². The Hall–Kier alpha value is -1.36. The number of carbonyl (C=O) groups excluding carboxylic acids is 2. The van der Waals surface area contributed by atoms with Crippen molar-refractivity contribution in [3.63, 3.8) is 0 Å². The van der Waals surface area contributed by atoms with E-state index in [9.17, 15) is 9.59 Å². The lowest BCUT2D eigenvalue weighted by molar-refractivity contribution is -0.127. The normalized spacial score (nSPS) is 17.2. The van der Waals surface area contributed by atoms with Gasteiger partial charge in [0.15, 0.2) is 0 Å². The molecule has 1 aliphatic carbocycles. The van der Waals surface area contributed by atoms with Gasteiger partial charge in [-0.05, 0) is 18.8 Å². The molecule has 1 atom stereocenters. The molecule has 0 aromatic heterocycles. The fraction of sp³-hybridized carbons (Fsp3) is 0.667. The van der Waals surface area contributed by atoms with E-state index in [1.807, 2.05) is 26.0 Å². The van der Waals surface area contributed by atoms with Gasteiger partial charge in [-0.3, -0.25) is 9.59 Å². The molecule has 2 amide bonds. The van der Waals surface area contributed by atoms with Gasteiger partial charge in [0.1, 0.15) is 0 Å². The summed E-state index contributed by atoms with van der Waals surface area (Å²) >= 11 is 0. The molecular formula is C12H21N3O2. The minimum absolute atomic E-state index is 0.00421. The van der Waals surface area contributed by atoms with Crippen molar-refractivity contribution in [2.24, 2.45) is 11.7 Å². The SMILES string of the molecule is CC(C)[C@H](N)C(=O)NCC(=O)NC1CC=CC1. The van der Waals surface area contributed by atoms with Crippen LogP contribution < -0.4 is 16.4 Å². The molecule has 0 unspecified atom stereocenters. The van der Waals surface area contributed by atoms with Crippen LogP contribution in [0, 0.1) is 5.92 Å². The van der Waals surface area contributed by atoms with Crippen molar-refractivity contribution < 1.29 is 9.59 Å². The third-order valence-electron chi connectivity index (χ3n) is 2.82. The van der Waals surface area contributed by atoms with Crippen molar-refractivity contribution in [3.05, 3.63) is 12.2 Å². The molecule has 4 N–H and O–H groups in total. The van der Waals surface area contributed by atoms with Crippen LogP contribution in [0.4, 0.5) is 0 Å². The Morgan fingerprint density at radius 1 is 1.35 bits per heavy atom. The second-order valence-corrected chi connectivity index (χ2v) is 4.69. The highest BCUT2D eigenvalue weighted by atomic mass is 16.2. The molecule has 0 saturated carbocycles. The fourth-order valence-electron chi connectivity index (χ4n) is 1.60. The standard InChI is InChI=1S/C12H21N3O2/c1-8(2)11(13)12(17)14-7-10(16)15-9-5-3-4-6-9/h3-4,8-9,11H,5-7,13H2,1-2H3,(H,14,17)(H,15,16)/t11-/m0/s1. The van der Waals surface area contributed by atoms with Crippen LogP contribution in [0.25, 0.3) is 0 Å². The molecule has 0 heterocycles. The molecule has 0 fully saturated rings. The Morgan fingerprint density at radius 3 is 2.47 bits per heavy atom. The zero-order chi connectivity index (χ0) is 12.8. The minimum Gasteiger partial charge on any atom is -0.351 e. The molecule has 0 radical (unpaired) electrons. The second-order valence-electron chi connectivity index (χ2n) is 4.69. The molecule has 1 aliphatic rings. The van der Waals surface area contributed by atoms with Gasteiger partial charge in [0.05, 0.1) is 12.6 Å². The van der Waals surface area contributed by atoms with E-state index >= 15 is 0 Å². The Morgan fingerprint density at radius 2 is 1.94 bits per heavy atom. The van der Waals surface area contributed by atoms with Gasteiger partial charge in [-0.2, -0.15) is 0 Å². The topological polar surface area (TPSA) is 84.2 Å². The fourth-order valence-corrected chi connectivity index (χ4v) is 1.60. The Bertz CT molecular complexity index is 305. The molecule has 5 nitrogen and oxygen atoms in total. The van der Waals surface area contributed by atoms with E-state index in [2.05, 4.69) is 10.6 Å². The van der Waals surface area contributed by atoms with Crippen LogP contribution in [0.2, 0.25) is 0 Å². The third kappa shape index (κ3) is 4.56. The number of hydrogen-bond acceptors (Lipinski definition) is 3. The summed E-state index contributed by atoms with van der Waals surface area (Å²) in [6.45, 7) is 3.73. The molecule has 0 aromatic carbocycles. The van der Waals surface area contributed by atoms with Crippen LogP contribution in [0.15, 0.2) is 12.2 Å². The highest BCUT2D eigenvalue weighted by Gasteiger charge is 2.18. The maximum atomic E-state index is 11.5. The lowest BCUT2D eigenvalue weighted by Gasteiger charge is -2.16. The number of amides is 2. The van der Waals surface area contributed by atoms with Gasteiger partial charge in [-0.15, -0.1) is 0 Å². The monoisotopic (exact) mass is 239 g/mol. The summed E-state index contributed by atoms with van der Waals surface area (Å²) in [7, 11) is 0. The van der Waals surface area contributed by atoms with Crippen LogP contribution in [0.1, 0.15) is 26.7 Å². The van der Waals surface area contributed by atoms with Gasteiger partial charge >= 0.3 is 0 Å². The number of hydrogen-bond donors (Lipinski definition) is 3. The maximum absolute atomic E-state index is 11.5. The van der Waals surface area contributed by atoms with E-state index in [-0.39, 0.29) is 30.3 Å². The summed E-state index contributed by atoms with van der Waals surface area (Å²) in [4.78, 5) is 23.0. The summed E-state index contributed by atoms with van der Waals surface area (Å²) in [5.41, 5.74) is 5.66. The predicted molar refractivity (Wildman–Crippen MR) is 66.1 cm³/mol. The highest BCUT2D eigenvalue weighted by molar-refractivity contribution is 5.87. The summed E-state index contributed by atoms with van der Waals surface area (Å²) in [5.74, 6) is -0.375. The van der Waals surface area contributed by atoms with Gasteiger partial charge in [0, 0.05) is 6.04 Å². The first kappa shape index (κ1) is 13.7. The second kappa shape index (κ2) is 6.39. The number of nitrogens with two attached hydrogens (primary N) is 1. The van der Waals surface area contributed by atoms with Crippen molar-refractivity contribution in [2.75, 3.05) is 6.54 Å². The number of nitrogens with one attached hydrogen (secondary N) is 2. The summed E-state index contributed by atoms with van der Waals surface area (Å²) in [5, 5.41) is 5.39. The van der Waals surface area contributed by atoms with Gasteiger partial charge in [-0.1, -0.05) is 26.0 Å². The first-order valence-electron chi connectivity index (χ1n) is 5.98. The molecule has 5 heteroatoms. The van der Waals surface area contributed by atoms with Crippen molar-refractivity contribution in [3.8, 4) is 0 Å². The molecule has 0 aromatic rings. The molecule has 17 heavy (non-hydrogen) atoms. The van der Waals surface area contributed by atoms with Crippen LogP contribution in [-0.4, -0.2) is 30.4 Å². The largest absolute Gasteiger partial charge is 0.351 e. The van der Waals surface area contributed by atoms with Crippen LogP contribution in [-0.2, 0) is 9.59 Å². The van der Waals surface area contributed by atoms with Gasteiger partial charge in [0.25, 0.3) is 0 Å². The first-order valence-corrected chi connectivity index (χ1v) is 5.98. The lowest BCUT2D eigenvalue weighted by Crippen LogP contribution is -2.48. The van der Waals surface area contributed by atoms with Gasteiger partial charge in [-0.25, -0.2) is 0 Å². The van der Waals surface area contributed by atoms with Gasteiger partial charge < -0.3 is 16.4 Å². The highest BCUT2D eigenvalue weighted by Crippen LogP contribution is 2.08. The smallest absolute Gasteiger partial charge is 0.239 e. The molecular weight excluding hydrogens is 218 g/mol. The van der Waals surface area contributed by atoms with E-state index in [0.717, 1.165) is 12.8 Å². The zero-order valence-corrected chi connectivity index (χ0v) is 10.4. The van der Waals surface area contributed by atoms with Crippen LogP contribution >= 0.6 is 0 Å². The summed E-state index contributed by atoms with van der Waals surface area (Å²) in [6.07, 6.45) is 5.81. The van der Waals surface area contributed by atoms with E-state index in [1.165, 1.54) is 0 Å². The zero-order valence-electron chi connectivity index (χ0n) is 10.4. The maximum Gasteiger partial charge on any atom is 0.239 e. The number of rotatable bonds is 5. The molecule has 1 rings (SSSR count). The first-order chi connectivity index (χ1) is 8.00. The Kier molecular flexibility index (Phi) is 5.15. The van der Waals surface area contributed by atoms with Gasteiger partial charge in [0.2, 0.25) is 11.8 Å². The van der Waals surface area contributed by atoms with Crippen LogP contribution in [0.5, 0.6) is 0 Å². The molecule has 0 aliphatic heterocycles. The predicted octanol–water partition coefficient (Wildman–Crippen LogP) is -0.0793.